The van der Waals surface area contributed by atoms with Crippen molar-refractivity contribution >= 4 is 17.5 Å². The van der Waals surface area contributed by atoms with Crippen LogP contribution in [0.15, 0.2) is 24.5 Å². The number of H-pyrrole nitrogens is 1. The average Bonchev–Trinajstić information content (AvgIpc) is 3.73. The van der Waals surface area contributed by atoms with Gasteiger partial charge in [-0.15, -0.1) is 0 Å². The summed E-state index contributed by atoms with van der Waals surface area (Å²) in [6.07, 6.45) is 7.15. The van der Waals surface area contributed by atoms with E-state index in [2.05, 4.69) is 37.8 Å². The molecule has 10 heteroatoms. The van der Waals surface area contributed by atoms with E-state index in [-0.39, 0.29) is 40.6 Å². The van der Waals surface area contributed by atoms with Crippen molar-refractivity contribution in [3.05, 3.63) is 47.4 Å². The minimum Gasteiger partial charge on any atom is -0.339 e. The van der Waals surface area contributed by atoms with Gasteiger partial charge in [-0.05, 0) is 76.7 Å². The van der Waals surface area contributed by atoms with Gasteiger partial charge in [0.15, 0.2) is 5.82 Å². The third kappa shape index (κ3) is 4.89. The summed E-state index contributed by atoms with van der Waals surface area (Å²) in [5.41, 5.74) is 2.80. The SMILES string of the molecule is Cc1n[nH]c(C)c1-c1ncc(NC(=O)[C@@H](NC(=O)c2ccnn2C(C)C)C(C2CC2)C2(C)CC2)cc1F. The van der Waals surface area contributed by atoms with Gasteiger partial charge in [0, 0.05) is 29.6 Å². The number of carbonyl (C=O) groups excluding carboxylic acids is 2. The van der Waals surface area contributed by atoms with Gasteiger partial charge in [0.05, 0.1) is 17.6 Å². The average molecular weight is 508 g/mol. The van der Waals surface area contributed by atoms with E-state index in [1.54, 1.807) is 30.8 Å². The van der Waals surface area contributed by atoms with E-state index in [1.165, 1.54) is 12.3 Å². The molecule has 9 nitrogen and oxygen atoms in total. The molecule has 0 spiro atoms. The van der Waals surface area contributed by atoms with Crippen molar-refractivity contribution in [1.82, 2.24) is 30.3 Å². The van der Waals surface area contributed by atoms with E-state index in [0.29, 0.717) is 28.6 Å². The Bertz CT molecular complexity index is 1320. The molecular formula is C27H34FN7O2. The van der Waals surface area contributed by atoms with Gasteiger partial charge in [-0.1, -0.05) is 6.92 Å². The number of aromatic amines is 1. The molecule has 5 rings (SSSR count). The Hall–Kier alpha value is -3.56. The molecule has 3 N–H and O–H groups in total. The molecule has 0 aromatic carbocycles. The Balaban J connectivity index is 1.41. The number of anilines is 1. The molecule has 196 valence electrons. The molecule has 0 aliphatic heterocycles. The van der Waals surface area contributed by atoms with Crippen LogP contribution in [0.2, 0.25) is 0 Å². The van der Waals surface area contributed by atoms with Crippen LogP contribution in [0.1, 0.15) is 74.4 Å². The van der Waals surface area contributed by atoms with Gasteiger partial charge in [0.1, 0.15) is 17.4 Å². The molecule has 0 radical (unpaired) electrons. The van der Waals surface area contributed by atoms with Crippen LogP contribution in [-0.2, 0) is 4.79 Å². The third-order valence-corrected chi connectivity index (χ3v) is 7.77. The molecule has 2 saturated carbocycles. The maximum Gasteiger partial charge on any atom is 0.270 e. The van der Waals surface area contributed by atoms with E-state index in [1.807, 2.05) is 13.8 Å². The normalized spacial score (nSPS) is 17.9. The van der Waals surface area contributed by atoms with Gasteiger partial charge >= 0.3 is 0 Å². The fourth-order valence-electron chi connectivity index (χ4n) is 5.48. The second kappa shape index (κ2) is 9.39. The van der Waals surface area contributed by atoms with Crippen LogP contribution in [0.25, 0.3) is 11.3 Å². The molecule has 2 aliphatic rings. The van der Waals surface area contributed by atoms with E-state index >= 15 is 4.39 Å². The van der Waals surface area contributed by atoms with Crippen molar-refractivity contribution in [1.29, 1.82) is 0 Å². The number of hydrogen-bond acceptors (Lipinski definition) is 5. The van der Waals surface area contributed by atoms with Gasteiger partial charge in [-0.2, -0.15) is 10.2 Å². The number of hydrogen-bond donors (Lipinski definition) is 3. The standard InChI is InChI=1S/C27H34FN7O2/c1-14(2)35-20(8-11-30-35)25(36)32-24(22(17-6-7-17)27(5)9-10-27)26(37)31-18-12-19(28)23(29-13-18)21-15(3)33-34-16(21)4/h8,11-14,17,22,24H,6-7,9-10H2,1-5H3,(H,31,37)(H,32,36)(H,33,34)/t22?,24-/m0/s1. The first kappa shape index (κ1) is 25.1. The minimum atomic E-state index is -0.760. The van der Waals surface area contributed by atoms with Crippen molar-refractivity contribution in [2.24, 2.45) is 17.3 Å². The van der Waals surface area contributed by atoms with Crippen LogP contribution >= 0.6 is 0 Å². The molecule has 2 amide bonds. The molecule has 2 atom stereocenters. The summed E-state index contributed by atoms with van der Waals surface area (Å²) >= 11 is 0. The number of halogens is 1. The molecule has 2 aliphatic carbocycles. The molecule has 3 aromatic rings. The highest BCUT2D eigenvalue weighted by Crippen LogP contribution is 2.60. The van der Waals surface area contributed by atoms with Crippen LogP contribution in [0, 0.1) is 36.9 Å². The third-order valence-electron chi connectivity index (χ3n) is 7.77. The van der Waals surface area contributed by atoms with Crippen LogP contribution in [-0.4, -0.2) is 42.8 Å². The largest absolute Gasteiger partial charge is 0.339 e. The maximum absolute atomic E-state index is 15.1. The van der Waals surface area contributed by atoms with Gasteiger partial charge in [-0.25, -0.2) is 4.39 Å². The fraction of sp³-hybridized carbons (Fsp3) is 0.519. The van der Waals surface area contributed by atoms with E-state index < -0.39 is 11.9 Å². The van der Waals surface area contributed by atoms with Crippen LogP contribution < -0.4 is 10.6 Å². The minimum absolute atomic E-state index is 0.000167. The molecule has 2 fully saturated rings. The molecule has 0 bridgehead atoms. The fourth-order valence-corrected chi connectivity index (χ4v) is 5.48. The van der Waals surface area contributed by atoms with E-state index in [4.69, 9.17) is 0 Å². The van der Waals surface area contributed by atoms with Crippen molar-refractivity contribution in [2.75, 3.05) is 5.32 Å². The summed E-state index contributed by atoms with van der Waals surface area (Å²) in [6, 6.07) is 2.17. The highest BCUT2D eigenvalue weighted by Gasteiger charge is 2.55. The lowest BCUT2D eigenvalue weighted by Gasteiger charge is -2.32. The summed E-state index contributed by atoms with van der Waals surface area (Å²) < 4.78 is 16.7. The van der Waals surface area contributed by atoms with Crippen LogP contribution in [0.3, 0.4) is 0 Å². The topological polar surface area (TPSA) is 118 Å². The van der Waals surface area contributed by atoms with Crippen LogP contribution in [0.4, 0.5) is 10.1 Å². The summed E-state index contributed by atoms with van der Waals surface area (Å²) in [5.74, 6) is -0.881. The molecule has 37 heavy (non-hydrogen) atoms. The molecule has 3 heterocycles. The highest BCUT2D eigenvalue weighted by atomic mass is 19.1. The first-order valence-electron chi connectivity index (χ1n) is 12.9. The first-order chi connectivity index (χ1) is 17.6. The summed E-state index contributed by atoms with van der Waals surface area (Å²) in [5, 5.41) is 17.1. The highest BCUT2D eigenvalue weighted by molar-refractivity contribution is 6.00. The number of aromatic nitrogens is 5. The van der Waals surface area contributed by atoms with Gasteiger partial charge < -0.3 is 10.6 Å². The Morgan fingerprint density at radius 2 is 1.97 bits per heavy atom. The lowest BCUT2D eigenvalue weighted by molar-refractivity contribution is -0.120. The number of nitrogens with zero attached hydrogens (tertiary/aromatic N) is 4. The predicted octanol–water partition coefficient (Wildman–Crippen LogP) is 4.57. The zero-order chi connectivity index (χ0) is 26.5. The van der Waals surface area contributed by atoms with Crippen molar-refractivity contribution in [3.8, 4) is 11.3 Å². The summed E-state index contributed by atoms with van der Waals surface area (Å²) in [7, 11) is 0. The number of carbonyl (C=O) groups is 2. The second-order valence-corrected chi connectivity index (χ2v) is 11.1. The molecule has 0 saturated heterocycles. The Morgan fingerprint density at radius 1 is 1.24 bits per heavy atom. The maximum atomic E-state index is 15.1. The van der Waals surface area contributed by atoms with Gasteiger partial charge in [0.25, 0.3) is 5.91 Å². The molecule has 3 aromatic heterocycles. The monoisotopic (exact) mass is 507 g/mol. The molecular weight excluding hydrogens is 473 g/mol. The zero-order valence-electron chi connectivity index (χ0n) is 21.9. The number of nitrogens with one attached hydrogen (secondary N) is 3. The van der Waals surface area contributed by atoms with Gasteiger partial charge in [0.2, 0.25) is 5.91 Å². The number of amides is 2. The smallest absolute Gasteiger partial charge is 0.270 e. The van der Waals surface area contributed by atoms with Crippen LogP contribution in [0.5, 0.6) is 0 Å². The van der Waals surface area contributed by atoms with E-state index in [0.717, 1.165) is 25.7 Å². The lowest BCUT2D eigenvalue weighted by atomic mass is 9.80. The zero-order valence-corrected chi connectivity index (χ0v) is 21.9. The Morgan fingerprint density at radius 3 is 2.54 bits per heavy atom. The Kier molecular flexibility index (Phi) is 6.37. The number of pyridine rings is 1. The van der Waals surface area contributed by atoms with E-state index in [9.17, 15) is 9.59 Å². The second-order valence-electron chi connectivity index (χ2n) is 11.1. The van der Waals surface area contributed by atoms with Gasteiger partial charge in [-0.3, -0.25) is 24.4 Å². The Labute approximate surface area is 215 Å². The summed E-state index contributed by atoms with van der Waals surface area (Å²) in [6.45, 7) is 9.67. The van der Waals surface area contributed by atoms with Crippen molar-refractivity contribution < 1.29 is 14.0 Å². The van der Waals surface area contributed by atoms with Crippen molar-refractivity contribution in [3.63, 3.8) is 0 Å². The first-order valence-corrected chi connectivity index (χ1v) is 12.9. The predicted molar refractivity (Wildman–Crippen MR) is 137 cm³/mol. The summed E-state index contributed by atoms with van der Waals surface area (Å²) in [4.78, 5) is 31.4. The lowest BCUT2D eigenvalue weighted by Crippen LogP contribution is -2.51. The number of aryl methyl sites for hydroxylation is 2. The molecule has 1 unspecified atom stereocenters. The quantitative estimate of drug-likeness (QED) is 0.392. The number of rotatable bonds is 9. The van der Waals surface area contributed by atoms with Crippen molar-refractivity contribution in [2.45, 2.75) is 72.4 Å².